The van der Waals surface area contributed by atoms with Gasteiger partial charge in [-0.1, -0.05) is 0 Å². The van der Waals surface area contributed by atoms with Crippen LogP contribution in [0.2, 0.25) is 0 Å². The number of sulfonamides is 1. The van der Waals surface area contributed by atoms with E-state index < -0.39 is 10.0 Å². The molecule has 5 nitrogen and oxygen atoms in total. The lowest BCUT2D eigenvalue weighted by atomic mass is 10.3. The maximum atomic E-state index is 12.2. The van der Waals surface area contributed by atoms with E-state index in [1.54, 1.807) is 31.3 Å². The van der Waals surface area contributed by atoms with Crippen LogP contribution in [0.4, 0.5) is 0 Å². The predicted octanol–water partition coefficient (Wildman–Crippen LogP) is 1.05. The van der Waals surface area contributed by atoms with Crippen LogP contribution in [0.25, 0.3) is 0 Å². The van der Waals surface area contributed by atoms with Crippen molar-refractivity contribution in [1.82, 2.24) is 4.31 Å². The van der Waals surface area contributed by atoms with Gasteiger partial charge in [-0.25, -0.2) is 12.7 Å². The van der Waals surface area contributed by atoms with Gasteiger partial charge in [-0.2, -0.15) is 0 Å². The second-order valence-electron chi connectivity index (χ2n) is 3.87. The molecule has 0 aliphatic heterocycles. The Hall–Kier alpha value is -1.11. The third kappa shape index (κ3) is 3.69. The van der Waals surface area contributed by atoms with Gasteiger partial charge >= 0.3 is 0 Å². The highest BCUT2D eigenvalue weighted by atomic mass is 32.2. The van der Waals surface area contributed by atoms with Crippen molar-refractivity contribution in [3.63, 3.8) is 0 Å². The number of benzene rings is 1. The topological polar surface area (TPSA) is 72.6 Å². The Morgan fingerprint density at radius 1 is 1.28 bits per heavy atom. The largest absolute Gasteiger partial charge is 0.494 e. The SMILES string of the molecule is CCOc1ccc(S(=O)(=O)N(C)CCCN)cc1. The zero-order chi connectivity index (χ0) is 13.6. The molecule has 1 aromatic rings. The van der Waals surface area contributed by atoms with Crippen molar-refractivity contribution >= 4 is 10.0 Å². The van der Waals surface area contributed by atoms with Gasteiger partial charge in [0.05, 0.1) is 11.5 Å². The molecule has 0 saturated carbocycles. The molecule has 6 heteroatoms. The van der Waals surface area contributed by atoms with E-state index in [4.69, 9.17) is 10.5 Å². The first-order valence-electron chi connectivity index (χ1n) is 5.91. The van der Waals surface area contributed by atoms with Gasteiger partial charge in [0, 0.05) is 13.6 Å². The Bertz CT molecular complexity index is 457. The molecule has 0 radical (unpaired) electrons. The van der Waals surface area contributed by atoms with Gasteiger partial charge in [0.1, 0.15) is 5.75 Å². The maximum Gasteiger partial charge on any atom is 0.242 e. The number of hydrogen-bond donors (Lipinski definition) is 1. The van der Waals surface area contributed by atoms with Crippen LogP contribution in [0.5, 0.6) is 5.75 Å². The van der Waals surface area contributed by atoms with E-state index in [9.17, 15) is 8.42 Å². The smallest absolute Gasteiger partial charge is 0.242 e. The van der Waals surface area contributed by atoms with E-state index in [1.165, 1.54) is 4.31 Å². The molecule has 2 N–H and O–H groups in total. The molecule has 0 bridgehead atoms. The molecular formula is C12H20N2O3S. The fourth-order valence-corrected chi connectivity index (χ4v) is 2.70. The summed E-state index contributed by atoms with van der Waals surface area (Å²) in [7, 11) is -1.86. The van der Waals surface area contributed by atoms with Gasteiger partial charge in [-0.15, -0.1) is 0 Å². The van der Waals surface area contributed by atoms with Crippen molar-refractivity contribution in [2.75, 3.05) is 26.7 Å². The van der Waals surface area contributed by atoms with Crippen molar-refractivity contribution in [3.05, 3.63) is 24.3 Å². The molecule has 0 fully saturated rings. The van der Waals surface area contributed by atoms with Crippen LogP contribution >= 0.6 is 0 Å². The van der Waals surface area contributed by atoms with Crippen molar-refractivity contribution < 1.29 is 13.2 Å². The van der Waals surface area contributed by atoms with Crippen LogP contribution in [0.1, 0.15) is 13.3 Å². The van der Waals surface area contributed by atoms with Gasteiger partial charge < -0.3 is 10.5 Å². The predicted molar refractivity (Wildman–Crippen MR) is 71.1 cm³/mol. The zero-order valence-electron chi connectivity index (χ0n) is 10.8. The van der Waals surface area contributed by atoms with Crippen molar-refractivity contribution in [3.8, 4) is 5.75 Å². The third-order valence-electron chi connectivity index (χ3n) is 2.52. The van der Waals surface area contributed by atoms with Gasteiger partial charge in [-0.05, 0) is 44.2 Å². The van der Waals surface area contributed by atoms with Crippen LogP contribution in [0.3, 0.4) is 0 Å². The van der Waals surface area contributed by atoms with E-state index in [-0.39, 0.29) is 4.90 Å². The summed E-state index contributed by atoms with van der Waals surface area (Å²) in [5.74, 6) is 0.668. The minimum atomic E-state index is -3.42. The van der Waals surface area contributed by atoms with E-state index >= 15 is 0 Å². The second kappa shape index (κ2) is 6.72. The molecular weight excluding hydrogens is 252 g/mol. The molecule has 0 heterocycles. The summed E-state index contributed by atoms with van der Waals surface area (Å²) in [6.45, 7) is 3.34. The van der Waals surface area contributed by atoms with E-state index in [0.29, 0.717) is 31.9 Å². The summed E-state index contributed by atoms with van der Waals surface area (Å²) >= 11 is 0. The van der Waals surface area contributed by atoms with Crippen LogP contribution in [0, 0.1) is 0 Å². The molecule has 0 aliphatic rings. The minimum Gasteiger partial charge on any atom is -0.494 e. The van der Waals surface area contributed by atoms with Gasteiger partial charge in [-0.3, -0.25) is 0 Å². The van der Waals surface area contributed by atoms with Crippen LogP contribution < -0.4 is 10.5 Å². The van der Waals surface area contributed by atoms with Crippen LogP contribution in [-0.2, 0) is 10.0 Å². The van der Waals surface area contributed by atoms with Crippen molar-refractivity contribution in [1.29, 1.82) is 0 Å². The third-order valence-corrected chi connectivity index (χ3v) is 4.39. The highest BCUT2D eigenvalue weighted by Crippen LogP contribution is 2.18. The molecule has 102 valence electrons. The standard InChI is InChI=1S/C12H20N2O3S/c1-3-17-11-5-7-12(8-6-11)18(15,16)14(2)10-4-9-13/h5-8H,3-4,9-10,13H2,1-2H3. The van der Waals surface area contributed by atoms with Gasteiger partial charge in [0.2, 0.25) is 10.0 Å². The van der Waals surface area contributed by atoms with Gasteiger partial charge in [0.15, 0.2) is 0 Å². The normalized spacial score (nSPS) is 11.8. The lowest BCUT2D eigenvalue weighted by Crippen LogP contribution is -2.29. The molecule has 0 amide bonds. The number of nitrogens with zero attached hydrogens (tertiary/aromatic N) is 1. The first-order chi connectivity index (χ1) is 8.52. The Labute approximate surface area is 109 Å². The first-order valence-corrected chi connectivity index (χ1v) is 7.35. The van der Waals surface area contributed by atoms with E-state index in [1.807, 2.05) is 6.92 Å². The quantitative estimate of drug-likeness (QED) is 0.805. The fourth-order valence-electron chi connectivity index (χ4n) is 1.49. The van der Waals surface area contributed by atoms with Crippen LogP contribution in [0.15, 0.2) is 29.2 Å². The Morgan fingerprint density at radius 2 is 1.89 bits per heavy atom. The Morgan fingerprint density at radius 3 is 2.39 bits per heavy atom. The number of ether oxygens (including phenoxy) is 1. The molecule has 18 heavy (non-hydrogen) atoms. The summed E-state index contributed by atoms with van der Waals surface area (Å²) in [6.07, 6.45) is 0.646. The maximum absolute atomic E-state index is 12.2. The zero-order valence-corrected chi connectivity index (χ0v) is 11.6. The number of hydrogen-bond acceptors (Lipinski definition) is 4. The second-order valence-corrected chi connectivity index (χ2v) is 5.92. The summed E-state index contributed by atoms with van der Waals surface area (Å²) in [6, 6.07) is 6.43. The summed E-state index contributed by atoms with van der Waals surface area (Å²) in [5, 5.41) is 0. The average molecular weight is 272 g/mol. The fraction of sp³-hybridized carbons (Fsp3) is 0.500. The highest BCUT2D eigenvalue weighted by molar-refractivity contribution is 7.89. The molecule has 0 saturated heterocycles. The highest BCUT2D eigenvalue weighted by Gasteiger charge is 2.19. The van der Waals surface area contributed by atoms with Gasteiger partial charge in [0.25, 0.3) is 0 Å². The molecule has 1 aromatic carbocycles. The first kappa shape index (κ1) is 14.9. The summed E-state index contributed by atoms with van der Waals surface area (Å²) < 4.78 is 30.9. The monoisotopic (exact) mass is 272 g/mol. The number of rotatable bonds is 7. The average Bonchev–Trinajstić information content (AvgIpc) is 2.37. The molecule has 0 atom stereocenters. The van der Waals surface area contributed by atoms with E-state index in [0.717, 1.165) is 0 Å². The minimum absolute atomic E-state index is 0.269. The summed E-state index contributed by atoms with van der Waals surface area (Å²) in [5.41, 5.74) is 5.37. The number of nitrogens with two attached hydrogens (primary N) is 1. The Kier molecular flexibility index (Phi) is 5.58. The van der Waals surface area contributed by atoms with Crippen molar-refractivity contribution in [2.24, 2.45) is 5.73 Å². The van der Waals surface area contributed by atoms with Crippen molar-refractivity contribution in [2.45, 2.75) is 18.2 Å². The van der Waals surface area contributed by atoms with Crippen LogP contribution in [-0.4, -0.2) is 39.5 Å². The Balaban J connectivity index is 2.84. The molecule has 0 unspecified atom stereocenters. The molecule has 0 spiro atoms. The summed E-state index contributed by atoms with van der Waals surface area (Å²) in [4.78, 5) is 0.269. The lowest BCUT2D eigenvalue weighted by molar-refractivity contribution is 0.340. The van der Waals surface area contributed by atoms with E-state index in [2.05, 4.69) is 0 Å². The molecule has 0 aromatic heterocycles. The molecule has 1 rings (SSSR count). The molecule has 0 aliphatic carbocycles. The lowest BCUT2D eigenvalue weighted by Gasteiger charge is -2.16.